The van der Waals surface area contributed by atoms with Crippen LogP contribution in [0.25, 0.3) is 0 Å². The number of halogens is 5. The lowest BCUT2D eigenvalue weighted by molar-refractivity contribution is -0.148. The van der Waals surface area contributed by atoms with Crippen LogP contribution >= 0.6 is 0 Å². The number of anilines is 1. The zero-order valence-electron chi connectivity index (χ0n) is 25.3. The van der Waals surface area contributed by atoms with Gasteiger partial charge in [-0.15, -0.1) is 0 Å². The van der Waals surface area contributed by atoms with Gasteiger partial charge in [-0.05, 0) is 72.2 Å². The summed E-state index contributed by atoms with van der Waals surface area (Å²) in [6.07, 6.45) is -3.57. The number of pyridine rings is 2. The van der Waals surface area contributed by atoms with Crippen molar-refractivity contribution >= 4 is 33.4 Å². The molecule has 11 nitrogen and oxygen atoms in total. The van der Waals surface area contributed by atoms with Gasteiger partial charge in [-0.3, -0.25) is 15.1 Å². The van der Waals surface area contributed by atoms with E-state index in [1.165, 1.54) is 13.0 Å². The molecule has 2 aromatic rings. The Labute approximate surface area is 256 Å². The van der Waals surface area contributed by atoms with E-state index in [1.54, 1.807) is 34.6 Å². The van der Waals surface area contributed by atoms with Crippen molar-refractivity contribution in [2.45, 2.75) is 81.4 Å². The van der Waals surface area contributed by atoms with Crippen molar-refractivity contribution in [1.29, 1.82) is 0 Å². The highest BCUT2D eigenvalue weighted by atomic mass is 32.2. The zero-order valence-corrected chi connectivity index (χ0v) is 26.1. The standard InChI is InChI=1S/C28H33F5N6O5S/c1-25(2,3)44-24(41)38-23-26(4,5)45(42)18(11-12-35-45)27(6,39-23)20-16(29)8-10-19(36-20)37-21(40)17-9-7-15(13-34-17)43-14-28(32,33)22(30)31/h7-10,13,18,22H,11-12,14H2,1-6H3,(H,36,37,40)(H,38,39,41)/t18-,27-,45?/m0/s1. The van der Waals surface area contributed by atoms with Crippen LogP contribution < -0.4 is 15.4 Å². The van der Waals surface area contributed by atoms with Crippen LogP contribution in [0.1, 0.15) is 64.1 Å². The van der Waals surface area contributed by atoms with Crippen molar-refractivity contribution in [2.24, 2.45) is 9.36 Å². The minimum atomic E-state index is -4.37. The Balaban J connectivity index is 1.63. The van der Waals surface area contributed by atoms with Gasteiger partial charge in [0.05, 0.1) is 21.2 Å². The molecule has 4 rings (SSSR count). The Morgan fingerprint density at radius 3 is 2.40 bits per heavy atom. The summed E-state index contributed by atoms with van der Waals surface area (Å²) >= 11 is 0. The molecule has 246 valence electrons. The van der Waals surface area contributed by atoms with Crippen LogP contribution in [0.15, 0.2) is 39.8 Å². The second-order valence-corrected chi connectivity index (χ2v) is 15.1. The highest BCUT2D eigenvalue weighted by Gasteiger charge is 2.58. The summed E-state index contributed by atoms with van der Waals surface area (Å²) in [5.74, 6) is -6.44. The summed E-state index contributed by atoms with van der Waals surface area (Å²) in [4.78, 5) is 38.4. The third kappa shape index (κ3) is 6.72. The van der Waals surface area contributed by atoms with Gasteiger partial charge in [0.25, 0.3) is 5.91 Å². The molecule has 0 spiro atoms. The van der Waals surface area contributed by atoms with E-state index < -0.39 is 67.6 Å². The van der Waals surface area contributed by atoms with Gasteiger partial charge in [-0.2, -0.15) is 8.78 Å². The number of amides is 2. The molecule has 0 fully saturated rings. The van der Waals surface area contributed by atoms with E-state index in [0.29, 0.717) is 6.42 Å². The molecule has 2 aliphatic rings. The number of nitrogens with one attached hydrogen (secondary N) is 2. The molecule has 2 aliphatic heterocycles. The lowest BCUT2D eigenvalue weighted by Gasteiger charge is -2.44. The van der Waals surface area contributed by atoms with Gasteiger partial charge >= 0.3 is 18.4 Å². The number of fused-ring (bicyclic) bond motifs is 1. The number of amidine groups is 1. The van der Waals surface area contributed by atoms with E-state index in [4.69, 9.17) is 9.73 Å². The molecule has 0 saturated carbocycles. The molecule has 45 heavy (non-hydrogen) atoms. The van der Waals surface area contributed by atoms with Gasteiger partial charge in [0.15, 0.2) is 6.61 Å². The summed E-state index contributed by atoms with van der Waals surface area (Å²) in [7, 11) is -3.17. The Kier molecular flexibility index (Phi) is 8.91. The lowest BCUT2D eigenvalue weighted by atomic mass is 9.89. The topological polar surface area (TPSA) is 144 Å². The third-order valence-corrected chi connectivity index (χ3v) is 10.9. The van der Waals surface area contributed by atoms with E-state index in [9.17, 15) is 31.4 Å². The molecule has 0 radical (unpaired) electrons. The minimum absolute atomic E-state index is 0.0281. The molecule has 3 atom stereocenters. The quantitative estimate of drug-likeness (QED) is 0.383. The van der Waals surface area contributed by atoms with Crippen molar-refractivity contribution in [2.75, 3.05) is 18.5 Å². The number of aromatic nitrogens is 2. The van der Waals surface area contributed by atoms with E-state index in [0.717, 1.165) is 24.4 Å². The number of ether oxygens (including phenoxy) is 2. The Hall–Kier alpha value is -3.89. The van der Waals surface area contributed by atoms with Crippen LogP contribution in [0.5, 0.6) is 5.75 Å². The second kappa shape index (κ2) is 11.8. The predicted octanol–water partition coefficient (Wildman–Crippen LogP) is 5.32. The molecule has 0 saturated heterocycles. The average molecular weight is 661 g/mol. The van der Waals surface area contributed by atoms with Crippen molar-refractivity contribution in [3.05, 3.63) is 47.7 Å². The first-order valence-electron chi connectivity index (χ1n) is 13.7. The number of aliphatic imine (C=N–C) groups is 1. The minimum Gasteiger partial charge on any atom is -0.485 e. The molecule has 2 aromatic heterocycles. The lowest BCUT2D eigenvalue weighted by Crippen LogP contribution is -2.61. The molecule has 0 bridgehead atoms. The number of carbonyl (C=O) groups is 2. The van der Waals surface area contributed by atoms with E-state index in [1.807, 2.05) is 0 Å². The van der Waals surface area contributed by atoms with Crippen LogP contribution in [-0.2, 0) is 20.0 Å². The third-order valence-electron chi connectivity index (χ3n) is 7.24. The molecular weight excluding hydrogens is 627 g/mol. The van der Waals surface area contributed by atoms with Gasteiger partial charge < -0.3 is 14.8 Å². The predicted molar refractivity (Wildman–Crippen MR) is 155 cm³/mol. The molecule has 1 unspecified atom stereocenters. The monoisotopic (exact) mass is 660 g/mol. The fraction of sp³-hybridized carbons (Fsp3) is 0.536. The highest BCUT2D eigenvalue weighted by molar-refractivity contribution is 7.96. The fourth-order valence-corrected chi connectivity index (χ4v) is 8.09. The van der Waals surface area contributed by atoms with Crippen LogP contribution in [0.4, 0.5) is 32.6 Å². The second-order valence-electron chi connectivity index (χ2n) is 12.2. The summed E-state index contributed by atoms with van der Waals surface area (Å²) in [5, 5.41) is 4.23. The number of hydrogen-bond acceptors (Lipinski definition) is 9. The van der Waals surface area contributed by atoms with Crippen molar-refractivity contribution in [3.8, 4) is 5.75 Å². The zero-order chi connectivity index (χ0) is 33.6. The maximum absolute atomic E-state index is 15.5. The first kappa shape index (κ1) is 34.0. The Morgan fingerprint density at radius 2 is 1.80 bits per heavy atom. The number of rotatable bonds is 7. The van der Waals surface area contributed by atoms with Crippen molar-refractivity contribution in [1.82, 2.24) is 15.3 Å². The van der Waals surface area contributed by atoms with Gasteiger partial charge in [-0.25, -0.2) is 36.5 Å². The molecule has 0 aromatic carbocycles. The van der Waals surface area contributed by atoms with Crippen molar-refractivity contribution < 1.29 is 45.2 Å². The number of alkyl halides is 4. The smallest absolute Gasteiger partial charge is 0.413 e. The summed E-state index contributed by atoms with van der Waals surface area (Å²) in [5.41, 5.74) is -2.92. The summed E-state index contributed by atoms with van der Waals surface area (Å²) in [6.45, 7) is 8.41. The van der Waals surface area contributed by atoms with Gasteiger partial charge in [0.2, 0.25) is 0 Å². The van der Waals surface area contributed by atoms with E-state index in [-0.39, 0.29) is 35.3 Å². The normalized spacial score (nSPS) is 24.3. The molecule has 4 heterocycles. The van der Waals surface area contributed by atoms with Crippen molar-refractivity contribution in [3.63, 3.8) is 0 Å². The first-order valence-corrected chi connectivity index (χ1v) is 15.3. The number of hydrogen-bond donors (Lipinski definition) is 2. The maximum Gasteiger partial charge on any atom is 0.413 e. The summed E-state index contributed by atoms with van der Waals surface area (Å²) in [6, 6.07) is 4.41. The van der Waals surface area contributed by atoms with Crippen LogP contribution in [0.2, 0.25) is 0 Å². The SMILES string of the molecule is CC(C)(C)OC(=O)NC1=N[C@](C)(c2nc(NC(=O)c3ccc(OCC(F)(F)C(F)F)cn3)ccc2F)[C@@H]2CCN=S2(=O)C1(C)C. The van der Waals surface area contributed by atoms with Crippen LogP contribution in [0.3, 0.4) is 0 Å². The van der Waals surface area contributed by atoms with Crippen LogP contribution in [0, 0.1) is 5.82 Å². The van der Waals surface area contributed by atoms with Crippen LogP contribution in [-0.4, -0.2) is 73.1 Å². The molecule has 2 amide bonds. The Bertz CT molecular complexity index is 1640. The summed E-state index contributed by atoms with van der Waals surface area (Å²) < 4.78 is 94.1. The van der Waals surface area contributed by atoms with E-state index >= 15 is 4.39 Å². The number of carbonyl (C=O) groups excluding carboxylic acids is 2. The van der Waals surface area contributed by atoms with Gasteiger partial charge in [-0.1, -0.05) is 0 Å². The first-order chi connectivity index (χ1) is 20.7. The number of nitrogens with zero attached hydrogens (tertiary/aromatic N) is 4. The van der Waals surface area contributed by atoms with E-state index in [2.05, 4.69) is 29.7 Å². The number of alkyl carbamates (subject to hydrolysis) is 1. The average Bonchev–Trinajstić information content (AvgIpc) is 3.35. The highest BCUT2D eigenvalue weighted by Crippen LogP contribution is 2.47. The van der Waals surface area contributed by atoms with Gasteiger partial charge in [0.1, 0.15) is 50.5 Å². The molecule has 17 heteroatoms. The molecular formula is C28H33F5N6O5S. The largest absolute Gasteiger partial charge is 0.485 e. The van der Waals surface area contributed by atoms with Gasteiger partial charge in [0, 0.05) is 6.54 Å². The Morgan fingerprint density at radius 1 is 1.11 bits per heavy atom. The maximum atomic E-state index is 15.5. The fourth-order valence-electron chi connectivity index (χ4n) is 4.92. The molecule has 2 N–H and O–H groups in total. The molecule has 0 aliphatic carbocycles.